The fraction of sp³-hybridized carbons (Fsp3) is 0.300. The lowest BCUT2D eigenvalue weighted by Crippen LogP contribution is -2.33. The molecule has 26 heavy (non-hydrogen) atoms. The highest BCUT2D eigenvalue weighted by atomic mass is 32.1. The summed E-state index contributed by atoms with van der Waals surface area (Å²) in [5.41, 5.74) is 3.41. The van der Waals surface area contributed by atoms with E-state index >= 15 is 0 Å². The standard InChI is InChI=1S/C20H19N3O2S/c1-11-10-22(2)15-8-7-12(9-14(11)15)23-19(24)17-13-5-3-4-6-16(13)26-18(17)21-20(23)25/h7-10H,3-6H2,1-2H3,(H,21,25). The predicted octanol–water partition coefficient (Wildman–Crippen LogP) is 3.42. The molecule has 0 aliphatic heterocycles. The Hall–Kier alpha value is -2.60. The van der Waals surface area contributed by atoms with Gasteiger partial charge in [-0.25, -0.2) is 9.36 Å². The number of fused-ring (bicyclic) bond motifs is 4. The van der Waals surface area contributed by atoms with Crippen molar-refractivity contribution in [1.82, 2.24) is 14.1 Å². The zero-order chi connectivity index (χ0) is 18.0. The van der Waals surface area contributed by atoms with E-state index in [1.54, 1.807) is 11.3 Å². The molecule has 0 atom stereocenters. The predicted molar refractivity (Wildman–Crippen MR) is 106 cm³/mol. The number of H-pyrrole nitrogens is 1. The molecule has 4 aromatic rings. The molecule has 0 unspecified atom stereocenters. The second-order valence-corrected chi connectivity index (χ2v) is 8.22. The number of rotatable bonds is 1. The number of hydrogen-bond donors (Lipinski definition) is 1. The highest BCUT2D eigenvalue weighted by Crippen LogP contribution is 2.33. The minimum atomic E-state index is -0.367. The van der Waals surface area contributed by atoms with E-state index in [0.717, 1.165) is 52.5 Å². The first-order chi connectivity index (χ1) is 12.5. The van der Waals surface area contributed by atoms with Crippen LogP contribution in [0.3, 0.4) is 0 Å². The summed E-state index contributed by atoms with van der Waals surface area (Å²) in [7, 11) is 2.00. The van der Waals surface area contributed by atoms with Crippen molar-refractivity contribution in [2.45, 2.75) is 32.6 Å². The van der Waals surface area contributed by atoms with Gasteiger partial charge in [0.1, 0.15) is 4.83 Å². The molecular formula is C20H19N3O2S. The molecule has 0 saturated carbocycles. The Balaban J connectivity index is 1.83. The van der Waals surface area contributed by atoms with Crippen molar-refractivity contribution >= 4 is 32.5 Å². The number of aromatic amines is 1. The van der Waals surface area contributed by atoms with Crippen molar-refractivity contribution in [3.63, 3.8) is 0 Å². The highest BCUT2D eigenvalue weighted by Gasteiger charge is 2.21. The minimum Gasteiger partial charge on any atom is -0.350 e. The lowest BCUT2D eigenvalue weighted by Gasteiger charge is -2.10. The number of nitrogens with one attached hydrogen (secondary N) is 1. The fourth-order valence-corrected chi connectivity index (χ4v) is 5.46. The summed E-state index contributed by atoms with van der Waals surface area (Å²) in [6.07, 6.45) is 6.24. The zero-order valence-corrected chi connectivity index (χ0v) is 15.6. The first kappa shape index (κ1) is 15.6. The molecule has 5 nitrogen and oxygen atoms in total. The van der Waals surface area contributed by atoms with E-state index in [4.69, 9.17) is 0 Å². The van der Waals surface area contributed by atoms with Gasteiger partial charge in [0.25, 0.3) is 5.56 Å². The van der Waals surface area contributed by atoms with Crippen molar-refractivity contribution in [3.8, 4) is 5.69 Å². The van der Waals surface area contributed by atoms with E-state index < -0.39 is 0 Å². The van der Waals surface area contributed by atoms with Gasteiger partial charge in [0.2, 0.25) is 0 Å². The zero-order valence-electron chi connectivity index (χ0n) is 14.8. The Morgan fingerprint density at radius 2 is 1.96 bits per heavy atom. The third-order valence-electron chi connectivity index (χ3n) is 5.44. The van der Waals surface area contributed by atoms with E-state index in [1.165, 1.54) is 9.44 Å². The number of aromatic nitrogens is 3. The maximum absolute atomic E-state index is 13.3. The van der Waals surface area contributed by atoms with Gasteiger partial charge in [-0.1, -0.05) is 0 Å². The van der Waals surface area contributed by atoms with Gasteiger partial charge in [0, 0.05) is 29.0 Å². The molecule has 3 heterocycles. The number of benzene rings is 1. The Bertz CT molecular complexity index is 1300. The van der Waals surface area contributed by atoms with Gasteiger partial charge in [-0.15, -0.1) is 11.3 Å². The monoisotopic (exact) mass is 365 g/mol. The molecule has 1 aliphatic rings. The van der Waals surface area contributed by atoms with Gasteiger partial charge in [0.15, 0.2) is 0 Å². The van der Waals surface area contributed by atoms with Crippen LogP contribution >= 0.6 is 11.3 Å². The average molecular weight is 365 g/mol. The summed E-state index contributed by atoms with van der Waals surface area (Å²) in [6.45, 7) is 2.04. The third kappa shape index (κ3) is 2.08. The first-order valence-electron chi connectivity index (χ1n) is 8.90. The van der Waals surface area contributed by atoms with Gasteiger partial charge in [-0.3, -0.25) is 9.78 Å². The molecule has 0 bridgehead atoms. The molecule has 1 N–H and O–H groups in total. The number of hydrogen-bond acceptors (Lipinski definition) is 3. The maximum atomic E-state index is 13.3. The van der Waals surface area contributed by atoms with E-state index in [9.17, 15) is 9.59 Å². The molecule has 3 aromatic heterocycles. The largest absolute Gasteiger partial charge is 0.350 e. The van der Waals surface area contributed by atoms with Crippen LogP contribution in [0.2, 0.25) is 0 Å². The molecule has 0 spiro atoms. The van der Waals surface area contributed by atoms with Crippen LogP contribution in [0, 0.1) is 6.92 Å². The quantitative estimate of drug-likeness (QED) is 0.562. The van der Waals surface area contributed by atoms with Gasteiger partial charge in [-0.2, -0.15) is 0 Å². The molecule has 0 radical (unpaired) electrons. The molecule has 1 aromatic carbocycles. The Morgan fingerprint density at radius 1 is 1.15 bits per heavy atom. The molecule has 1 aliphatic carbocycles. The SMILES string of the molecule is Cc1cn(C)c2ccc(-n3c(=O)[nH]c4sc5c(c4c3=O)CCCC5)cc12. The van der Waals surface area contributed by atoms with E-state index in [0.29, 0.717) is 11.1 Å². The van der Waals surface area contributed by atoms with E-state index in [-0.39, 0.29) is 11.2 Å². The Morgan fingerprint density at radius 3 is 2.81 bits per heavy atom. The second kappa shape index (κ2) is 5.45. The van der Waals surface area contributed by atoms with Crippen LogP contribution in [0.25, 0.3) is 26.8 Å². The van der Waals surface area contributed by atoms with Crippen LogP contribution in [-0.2, 0) is 19.9 Å². The van der Waals surface area contributed by atoms with Crippen molar-refractivity contribution in [2.75, 3.05) is 0 Å². The summed E-state index contributed by atoms with van der Waals surface area (Å²) < 4.78 is 3.34. The number of nitrogens with zero attached hydrogens (tertiary/aromatic N) is 2. The van der Waals surface area contributed by atoms with Crippen molar-refractivity contribution in [2.24, 2.45) is 7.05 Å². The van der Waals surface area contributed by atoms with Gasteiger partial charge < -0.3 is 4.57 Å². The minimum absolute atomic E-state index is 0.198. The topological polar surface area (TPSA) is 59.8 Å². The van der Waals surface area contributed by atoms with Crippen LogP contribution in [0.5, 0.6) is 0 Å². The fourth-order valence-electron chi connectivity index (χ4n) is 4.19. The molecule has 5 rings (SSSR count). The summed E-state index contributed by atoms with van der Waals surface area (Å²) >= 11 is 1.57. The molecule has 6 heteroatoms. The first-order valence-corrected chi connectivity index (χ1v) is 9.72. The summed E-state index contributed by atoms with van der Waals surface area (Å²) in [5, 5.41) is 1.76. The van der Waals surface area contributed by atoms with Crippen molar-refractivity contribution in [1.29, 1.82) is 0 Å². The third-order valence-corrected chi connectivity index (χ3v) is 6.65. The van der Waals surface area contributed by atoms with Crippen molar-refractivity contribution < 1.29 is 0 Å². The average Bonchev–Trinajstić information content (AvgIpc) is 3.12. The van der Waals surface area contributed by atoms with Gasteiger partial charge in [-0.05, 0) is 61.9 Å². The Kier molecular flexibility index (Phi) is 3.28. The molecule has 132 valence electrons. The normalized spacial score (nSPS) is 14.2. The van der Waals surface area contributed by atoms with Crippen LogP contribution in [-0.4, -0.2) is 14.1 Å². The smallest absolute Gasteiger partial charge is 0.334 e. The lowest BCUT2D eigenvalue weighted by molar-refractivity contribution is 0.699. The highest BCUT2D eigenvalue weighted by molar-refractivity contribution is 7.18. The summed E-state index contributed by atoms with van der Waals surface area (Å²) in [4.78, 5) is 30.9. The van der Waals surface area contributed by atoms with Crippen LogP contribution in [0.15, 0.2) is 34.0 Å². The van der Waals surface area contributed by atoms with Crippen LogP contribution < -0.4 is 11.2 Å². The summed E-state index contributed by atoms with van der Waals surface area (Å²) in [5.74, 6) is 0. The maximum Gasteiger partial charge on any atom is 0.334 e. The van der Waals surface area contributed by atoms with E-state index in [2.05, 4.69) is 15.7 Å². The lowest BCUT2D eigenvalue weighted by atomic mass is 9.97. The molecule has 0 amide bonds. The molecule has 0 saturated heterocycles. The van der Waals surface area contributed by atoms with Crippen molar-refractivity contribution in [3.05, 3.63) is 61.2 Å². The molecular weight excluding hydrogens is 346 g/mol. The number of thiophene rings is 1. The summed E-state index contributed by atoms with van der Waals surface area (Å²) in [6, 6.07) is 5.76. The van der Waals surface area contributed by atoms with E-state index in [1.807, 2.05) is 32.2 Å². The van der Waals surface area contributed by atoms with Crippen LogP contribution in [0.4, 0.5) is 0 Å². The Labute approximate surface area is 153 Å². The van der Waals surface area contributed by atoms with Gasteiger partial charge >= 0.3 is 5.69 Å². The molecule has 0 fully saturated rings. The number of aryl methyl sites for hydroxylation is 4. The van der Waals surface area contributed by atoms with Crippen LogP contribution in [0.1, 0.15) is 28.8 Å². The van der Waals surface area contributed by atoms with Gasteiger partial charge in [0.05, 0.1) is 11.1 Å². The second-order valence-electron chi connectivity index (χ2n) is 7.11.